The molecule has 0 unspecified atom stereocenters. The molecule has 0 bridgehead atoms. The van der Waals surface area contributed by atoms with Crippen LogP contribution in [0.3, 0.4) is 0 Å². The standard InChI is InChI=1S/C36H45O3Si.3ClH.Ti/c1-20-14-30(37-11)33(17-23(20)4)40(36-28(9)26(7)27(8)29(36)10,34-18-24(5)21(2)15-31(34)38-12)35-19-25(6)22(3)16-32(35)39-13;;;;/h14-19H,1-13H3;3*1H;/q-1;;;;+4/p-3. The van der Waals surface area contributed by atoms with E-state index in [0.717, 1.165) is 17.2 Å². The van der Waals surface area contributed by atoms with Gasteiger partial charge in [0.1, 0.15) is 17.2 Å². The number of halogens is 3. The van der Waals surface area contributed by atoms with E-state index in [-0.39, 0.29) is 58.9 Å². The van der Waals surface area contributed by atoms with Crippen LogP contribution in [0.15, 0.2) is 36.4 Å². The molecular formula is C36H45Cl3O3SiTi. The van der Waals surface area contributed by atoms with Crippen molar-refractivity contribution < 1.29 is 73.1 Å². The molecule has 0 fully saturated rings. The fourth-order valence-electron chi connectivity index (χ4n) is 6.38. The van der Waals surface area contributed by atoms with Crippen LogP contribution in [0, 0.1) is 69.2 Å². The largest absolute Gasteiger partial charge is 4.00 e. The van der Waals surface area contributed by atoms with Gasteiger partial charge in [-0.1, -0.05) is 45.9 Å². The summed E-state index contributed by atoms with van der Waals surface area (Å²) in [6, 6.07) is 13.8. The zero-order valence-corrected chi connectivity index (χ0v) is 33.2. The van der Waals surface area contributed by atoms with Crippen molar-refractivity contribution in [3.05, 3.63) is 92.0 Å². The second kappa shape index (κ2) is 16.2. The van der Waals surface area contributed by atoms with Gasteiger partial charge >= 0.3 is 21.7 Å². The Morgan fingerprint density at radius 2 is 0.750 bits per heavy atom. The van der Waals surface area contributed by atoms with Crippen LogP contribution in [0.1, 0.15) is 55.6 Å². The van der Waals surface area contributed by atoms with Gasteiger partial charge in [0, 0.05) is 0 Å². The molecule has 0 aromatic heterocycles. The molecule has 0 atom stereocenters. The van der Waals surface area contributed by atoms with Crippen LogP contribution in [-0.4, -0.2) is 29.4 Å². The Hall–Kier alpha value is -1.79. The van der Waals surface area contributed by atoms with E-state index in [0.29, 0.717) is 0 Å². The number of hydrogen-bond acceptors (Lipinski definition) is 3. The third kappa shape index (κ3) is 6.68. The van der Waals surface area contributed by atoms with E-state index in [1.807, 2.05) is 0 Å². The Kier molecular flexibility index (Phi) is 15.5. The Balaban J connectivity index is 0.00000462. The molecule has 0 amide bonds. The average molecular weight is 708 g/mol. The van der Waals surface area contributed by atoms with E-state index in [2.05, 4.69) is 106 Å². The molecule has 0 saturated carbocycles. The van der Waals surface area contributed by atoms with Crippen LogP contribution in [0.25, 0.3) is 0 Å². The second-order valence-electron chi connectivity index (χ2n) is 11.5. The van der Waals surface area contributed by atoms with Crippen molar-refractivity contribution in [1.29, 1.82) is 0 Å². The Morgan fingerprint density at radius 1 is 0.477 bits per heavy atom. The van der Waals surface area contributed by atoms with Gasteiger partial charge in [0.15, 0.2) is 8.07 Å². The van der Waals surface area contributed by atoms with Crippen molar-refractivity contribution in [2.75, 3.05) is 21.3 Å². The molecule has 0 radical (unpaired) electrons. The predicted octanol–water partition coefficient (Wildman–Crippen LogP) is -3.10. The summed E-state index contributed by atoms with van der Waals surface area (Å²) in [6.45, 7) is 22.2. The topological polar surface area (TPSA) is 27.7 Å². The first-order valence-electron chi connectivity index (χ1n) is 14.1. The summed E-state index contributed by atoms with van der Waals surface area (Å²) in [7, 11) is 2.25. The SMILES string of the molecule is COc1cc(C)c(C)cc1[Si](c1cc(C)c(C)cc1OC)(c1cc(C)c(C)cc1OC)c1c(C)c(C)c(C)[c-]1C.[Cl-].[Cl-].[Cl-].[Ti+4]. The summed E-state index contributed by atoms with van der Waals surface area (Å²) in [6.07, 6.45) is 0. The van der Waals surface area contributed by atoms with E-state index in [9.17, 15) is 0 Å². The summed E-state index contributed by atoms with van der Waals surface area (Å²) in [5.41, 5.74) is 12.7. The van der Waals surface area contributed by atoms with Gasteiger partial charge in [-0.15, -0.1) is 0 Å². The molecule has 4 aromatic rings. The molecule has 0 aliphatic heterocycles. The Bertz CT molecular complexity index is 1460. The van der Waals surface area contributed by atoms with E-state index in [4.69, 9.17) is 14.2 Å². The summed E-state index contributed by atoms with van der Waals surface area (Å²) in [4.78, 5) is 0. The minimum Gasteiger partial charge on any atom is -1.00 e. The van der Waals surface area contributed by atoms with Gasteiger partial charge in [0.2, 0.25) is 0 Å². The van der Waals surface area contributed by atoms with Crippen molar-refractivity contribution in [3.63, 3.8) is 0 Å². The van der Waals surface area contributed by atoms with Crippen molar-refractivity contribution in [2.45, 2.75) is 69.2 Å². The Morgan fingerprint density at radius 3 is 0.977 bits per heavy atom. The molecule has 0 saturated heterocycles. The van der Waals surface area contributed by atoms with Crippen molar-refractivity contribution in [1.82, 2.24) is 0 Å². The van der Waals surface area contributed by atoms with Crippen LogP contribution in [0.2, 0.25) is 0 Å². The number of ether oxygens (including phenoxy) is 3. The van der Waals surface area contributed by atoms with Gasteiger partial charge in [-0.3, -0.25) is 0 Å². The molecular weight excluding hydrogens is 663 g/mol. The fourth-order valence-corrected chi connectivity index (χ4v) is 12.5. The van der Waals surface area contributed by atoms with Gasteiger partial charge < -0.3 is 51.4 Å². The van der Waals surface area contributed by atoms with Gasteiger partial charge in [0.05, 0.1) is 21.3 Å². The smallest absolute Gasteiger partial charge is 1.00 e. The van der Waals surface area contributed by atoms with E-state index in [1.165, 1.54) is 76.4 Å². The first-order chi connectivity index (χ1) is 18.8. The van der Waals surface area contributed by atoms with Crippen LogP contribution >= 0.6 is 0 Å². The quantitative estimate of drug-likeness (QED) is 0.116. The number of benzene rings is 3. The average Bonchev–Trinajstić information content (AvgIpc) is 3.12. The number of hydrogen-bond donors (Lipinski definition) is 0. The fraction of sp³-hybridized carbons (Fsp3) is 0.361. The van der Waals surface area contributed by atoms with Crippen molar-refractivity contribution >= 4 is 28.8 Å². The predicted molar refractivity (Wildman–Crippen MR) is 173 cm³/mol. The van der Waals surface area contributed by atoms with Crippen LogP contribution in [0.5, 0.6) is 17.2 Å². The number of rotatable bonds is 7. The molecule has 0 heterocycles. The van der Waals surface area contributed by atoms with Gasteiger partial charge in [-0.25, -0.2) is 0 Å². The van der Waals surface area contributed by atoms with Gasteiger partial charge in [-0.05, 0) is 109 Å². The summed E-state index contributed by atoms with van der Waals surface area (Å²) in [5.74, 6) is 2.72. The molecule has 4 aromatic carbocycles. The molecule has 4 rings (SSSR count). The molecule has 44 heavy (non-hydrogen) atoms. The number of aryl methyl sites for hydroxylation is 6. The summed E-state index contributed by atoms with van der Waals surface area (Å²) < 4.78 is 18.8. The molecule has 0 aliphatic carbocycles. The van der Waals surface area contributed by atoms with Gasteiger partial charge in [0.25, 0.3) is 0 Å². The van der Waals surface area contributed by atoms with Crippen molar-refractivity contribution in [2.24, 2.45) is 0 Å². The first kappa shape index (κ1) is 42.2. The third-order valence-corrected chi connectivity index (χ3v) is 14.6. The monoisotopic (exact) mass is 706 g/mol. The number of methoxy groups -OCH3 is 3. The maximum absolute atomic E-state index is 6.28. The van der Waals surface area contributed by atoms with Crippen molar-refractivity contribution in [3.8, 4) is 17.2 Å². The summed E-state index contributed by atoms with van der Waals surface area (Å²) >= 11 is 0. The zero-order chi connectivity index (χ0) is 29.7. The molecule has 3 nitrogen and oxygen atoms in total. The van der Waals surface area contributed by atoms with E-state index < -0.39 is 8.07 Å². The van der Waals surface area contributed by atoms with E-state index in [1.54, 1.807) is 21.3 Å². The van der Waals surface area contributed by atoms with Gasteiger partial charge in [-0.2, -0.15) is 27.4 Å². The minimum atomic E-state index is -3.13. The summed E-state index contributed by atoms with van der Waals surface area (Å²) in [5, 5.41) is 5.05. The maximum Gasteiger partial charge on any atom is 4.00 e. The third-order valence-electron chi connectivity index (χ3n) is 9.47. The van der Waals surface area contributed by atoms with E-state index >= 15 is 0 Å². The Labute approximate surface area is 300 Å². The molecule has 0 N–H and O–H groups in total. The first-order valence-corrected chi connectivity index (χ1v) is 16.1. The molecule has 0 spiro atoms. The minimum absolute atomic E-state index is 0. The maximum atomic E-state index is 6.28. The van der Waals surface area contributed by atoms with Crippen LogP contribution < -0.4 is 72.2 Å². The zero-order valence-electron chi connectivity index (χ0n) is 28.3. The van der Waals surface area contributed by atoms with Crippen LogP contribution in [-0.2, 0) is 21.7 Å². The molecule has 0 aliphatic rings. The molecule has 8 heteroatoms. The van der Waals surface area contributed by atoms with Crippen LogP contribution in [0.4, 0.5) is 0 Å². The molecule has 236 valence electrons. The normalized spacial score (nSPS) is 10.6. The second-order valence-corrected chi connectivity index (χ2v) is 15.2.